The first-order chi connectivity index (χ1) is 10.1. The van der Waals surface area contributed by atoms with Gasteiger partial charge in [-0.25, -0.2) is 8.78 Å². The average molecular weight is 290 g/mol. The molecular formula is C17H20F2N2. The summed E-state index contributed by atoms with van der Waals surface area (Å²) < 4.78 is 27.2. The maximum absolute atomic E-state index is 13.9. The molecule has 0 spiro atoms. The molecule has 1 aromatic heterocycles. The van der Waals surface area contributed by atoms with Crippen molar-refractivity contribution < 1.29 is 8.78 Å². The lowest BCUT2D eigenvalue weighted by atomic mass is 9.96. The lowest BCUT2D eigenvalue weighted by Crippen LogP contribution is -2.25. The van der Waals surface area contributed by atoms with Gasteiger partial charge in [0.1, 0.15) is 0 Å². The van der Waals surface area contributed by atoms with Gasteiger partial charge < -0.3 is 5.32 Å². The Balaban J connectivity index is 2.28. The normalized spacial score (nSPS) is 12.4. The molecule has 4 heteroatoms. The van der Waals surface area contributed by atoms with Crippen molar-refractivity contribution in [2.24, 2.45) is 0 Å². The molecular weight excluding hydrogens is 270 g/mol. The van der Waals surface area contributed by atoms with E-state index in [1.54, 1.807) is 24.5 Å². The second-order valence-electron chi connectivity index (χ2n) is 5.16. The fourth-order valence-electron chi connectivity index (χ4n) is 2.38. The second kappa shape index (κ2) is 7.27. The van der Waals surface area contributed by atoms with Crippen LogP contribution < -0.4 is 5.32 Å². The molecule has 0 saturated heterocycles. The summed E-state index contributed by atoms with van der Waals surface area (Å²) in [4.78, 5) is 4.15. The fraction of sp³-hybridized carbons (Fsp3) is 0.353. The molecule has 1 N–H and O–H groups in total. The van der Waals surface area contributed by atoms with Crippen LogP contribution in [0, 0.1) is 18.6 Å². The average Bonchev–Trinajstić information content (AvgIpc) is 2.48. The van der Waals surface area contributed by atoms with E-state index in [9.17, 15) is 8.78 Å². The van der Waals surface area contributed by atoms with Gasteiger partial charge in [-0.1, -0.05) is 19.1 Å². The van der Waals surface area contributed by atoms with E-state index in [0.717, 1.165) is 30.2 Å². The van der Waals surface area contributed by atoms with Crippen molar-refractivity contribution >= 4 is 0 Å². The van der Waals surface area contributed by atoms with Gasteiger partial charge in [0.25, 0.3) is 0 Å². The van der Waals surface area contributed by atoms with E-state index in [0.29, 0.717) is 12.0 Å². The molecule has 0 radical (unpaired) electrons. The lowest BCUT2D eigenvalue weighted by molar-refractivity contribution is 0.476. The van der Waals surface area contributed by atoms with Crippen molar-refractivity contribution in [3.8, 4) is 0 Å². The van der Waals surface area contributed by atoms with E-state index in [1.165, 1.54) is 0 Å². The Bertz CT molecular complexity index is 599. The highest BCUT2D eigenvalue weighted by molar-refractivity contribution is 5.28. The van der Waals surface area contributed by atoms with Crippen LogP contribution in [0.5, 0.6) is 0 Å². The first-order valence-electron chi connectivity index (χ1n) is 7.20. The van der Waals surface area contributed by atoms with E-state index in [4.69, 9.17) is 0 Å². The van der Waals surface area contributed by atoms with Gasteiger partial charge in [-0.3, -0.25) is 4.98 Å². The number of hydrogen-bond donors (Lipinski definition) is 1. The zero-order valence-corrected chi connectivity index (χ0v) is 12.4. The fourth-order valence-corrected chi connectivity index (χ4v) is 2.38. The number of aromatic nitrogens is 1. The van der Waals surface area contributed by atoms with Crippen molar-refractivity contribution in [1.29, 1.82) is 0 Å². The quantitative estimate of drug-likeness (QED) is 0.871. The number of nitrogens with zero attached hydrogens (tertiary/aromatic N) is 1. The van der Waals surface area contributed by atoms with E-state index in [-0.39, 0.29) is 6.04 Å². The molecule has 0 bridgehead atoms. The minimum atomic E-state index is -0.801. The SMILES string of the molecule is CCCNC(Cc1cccc(F)c1F)c1cnccc1C. The van der Waals surface area contributed by atoms with Gasteiger partial charge >= 0.3 is 0 Å². The summed E-state index contributed by atoms with van der Waals surface area (Å²) in [6.07, 6.45) is 4.90. The first kappa shape index (κ1) is 15.6. The standard InChI is InChI=1S/C17H20F2N2/c1-3-8-21-16(14-11-20-9-7-12(14)2)10-13-5-4-6-15(18)17(13)19/h4-7,9,11,16,21H,3,8,10H2,1-2H3. The van der Waals surface area contributed by atoms with Crippen molar-refractivity contribution in [3.63, 3.8) is 0 Å². The molecule has 2 rings (SSSR count). The Morgan fingerprint density at radius 3 is 2.76 bits per heavy atom. The van der Waals surface area contributed by atoms with Crippen LogP contribution in [-0.2, 0) is 6.42 Å². The summed E-state index contributed by atoms with van der Waals surface area (Å²) in [5.74, 6) is -1.56. The topological polar surface area (TPSA) is 24.9 Å². The molecule has 0 aliphatic rings. The van der Waals surface area contributed by atoms with Crippen LogP contribution in [0.2, 0.25) is 0 Å². The predicted octanol–water partition coefficient (Wildman–Crippen LogP) is 3.95. The van der Waals surface area contributed by atoms with E-state index >= 15 is 0 Å². The predicted molar refractivity (Wildman–Crippen MR) is 80.1 cm³/mol. The molecule has 2 nitrogen and oxygen atoms in total. The molecule has 112 valence electrons. The van der Waals surface area contributed by atoms with Crippen LogP contribution in [0.1, 0.15) is 36.1 Å². The Morgan fingerprint density at radius 1 is 1.24 bits per heavy atom. The molecule has 1 unspecified atom stereocenters. The third kappa shape index (κ3) is 3.85. The first-order valence-corrected chi connectivity index (χ1v) is 7.20. The molecule has 0 fully saturated rings. The van der Waals surface area contributed by atoms with Gasteiger partial charge in [0.05, 0.1) is 0 Å². The molecule has 2 aromatic rings. The summed E-state index contributed by atoms with van der Waals surface area (Å²) in [5.41, 5.74) is 2.50. The molecule has 1 heterocycles. The Kier molecular flexibility index (Phi) is 5.39. The summed E-state index contributed by atoms with van der Waals surface area (Å²) in [5, 5.41) is 3.39. The Labute approximate surface area is 124 Å². The molecule has 0 aliphatic heterocycles. The molecule has 0 saturated carbocycles. The highest BCUT2D eigenvalue weighted by atomic mass is 19.2. The summed E-state index contributed by atoms with van der Waals surface area (Å²) >= 11 is 0. The summed E-state index contributed by atoms with van der Waals surface area (Å²) in [7, 11) is 0. The molecule has 0 amide bonds. The Hall–Kier alpha value is -1.81. The van der Waals surface area contributed by atoms with E-state index < -0.39 is 11.6 Å². The van der Waals surface area contributed by atoms with Gasteiger partial charge in [0, 0.05) is 18.4 Å². The van der Waals surface area contributed by atoms with Gasteiger partial charge in [-0.15, -0.1) is 0 Å². The highest BCUT2D eigenvalue weighted by Crippen LogP contribution is 2.23. The van der Waals surface area contributed by atoms with Gasteiger partial charge in [-0.05, 0) is 55.1 Å². The summed E-state index contributed by atoms with van der Waals surface area (Å²) in [6.45, 7) is 4.89. The number of benzene rings is 1. The van der Waals surface area contributed by atoms with Crippen LogP contribution >= 0.6 is 0 Å². The maximum Gasteiger partial charge on any atom is 0.162 e. The second-order valence-corrected chi connectivity index (χ2v) is 5.16. The monoisotopic (exact) mass is 290 g/mol. The van der Waals surface area contributed by atoms with Crippen LogP contribution in [0.15, 0.2) is 36.7 Å². The number of pyridine rings is 1. The third-order valence-electron chi connectivity index (χ3n) is 3.55. The van der Waals surface area contributed by atoms with Crippen molar-refractivity contribution in [2.75, 3.05) is 6.54 Å². The minimum Gasteiger partial charge on any atom is -0.310 e. The molecule has 21 heavy (non-hydrogen) atoms. The van der Waals surface area contributed by atoms with Crippen LogP contribution in [0.3, 0.4) is 0 Å². The molecule has 0 aliphatic carbocycles. The van der Waals surface area contributed by atoms with E-state index in [1.807, 2.05) is 13.0 Å². The van der Waals surface area contributed by atoms with Gasteiger partial charge in [0.15, 0.2) is 11.6 Å². The zero-order chi connectivity index (χ0) is 15.2. The molecule has 1 atom stereocenters. The third-order valence-corrected chi connectivity index (χ3v) is 3.55. The van der Waals surface area contributed by atoms with Crippen molar-refractivity contribution in [1.82, 2.24) is 10.3 Å². The van der Waals surface area contributed by atoms with Crippen molar-refractivity contribution in [3.05, 3.63) is 65.0 Å². The number of halogens is 2. The maximum atomic E-state index is 13.9. The number of aryl methyl sites for hydroxylation is 1. The lowest BCUT2D eigenvalue weighted by Gasteiger charge is -2.21. The van der Waals surface area contributed by atoms with Crippen LogP contribution in [0.4, 0.5) is 8.78 Å². The number of rotatable bonds is 6. The minimum absolute atomic E-state index is 0.0741. The number of hydrogen-bond acceptors (Lipinski definition) is 2. The smallest absolute Gasteiger partial charge is 0.162 e. The molecule has 1 aromatic carbocycles. The highest BCUT2D eigenvalue weighted by Gasteiger charge is 2.17. The van der Waals surface area contributed by atoms with Crippen LogP contribution in [-0.4, -0.2) is 11.5 Å². The van der Waals surface area contributed by atoms with Crippen molar-refractivity contribution in [2.45, 2.75) is 32.7 Å². The van der Waals surface area contributed by atoms with E-state index in [2.05, 4.69) is 17.2 Å². The number of nitrogens with one attached hydrogen (secondary N) is 1. The summed E-state index contributed by atoms with van der Waals surface area (Å²) in [6, 6.07) is 6.17. The van der Waals surface area contributed by atoms with Gasteiger partial charge in [0.2, 0.25) is 0 Å². The Morgan fingerprint density at radius 2 is 2.05 bits per heavy atom. The van der Waals surface area contributed by atoms with Gasteiger partial charge in [-0.2, -0.15) is 0 Å². The zero-order valence-electron chi connectivity index (χ0n) is 12.4. The largest absolute Gasteiger partial charge is 0.310 e. The van der Waals surface area contributed by atoms with Crippen LogP contribution in [0.25, 0.3) is 0 Å².